The van der Waals surface area contributed by atoms with Gasteiger partial charge in [0.05, 0.1) is 6.10 Å². The molecule has 4 fully saturated rings. The number of fused-ring (bicyclic) bond motifs is 5. The van der Waals surface area contributed by atoms with Crippen molar-refractivity contribution in [3.8, 4) is 0 Å². The molecule has 192 valence electrons. The quantitative estimate of drug-likeness (QED) is 0.542. The van der Waals surface area contributed by atoms with Crippen LogP contribution in [0, 0.1) is 52.3 Å². The first-order valence-corrected chi connectivity index (χ1v) is 14.8. The molecule has 0 radical (unpaired) electrons. The zero-order valence-electron chi connectivity index (χ0n) is 21.1. The van der Waals surface area contributed by atoms with Gasteiger partial charge >= 0.3 is 10.4 Å². The minimum atomic E-state index is -4.48. The molecule has 8 nitrogen and oxygen atoms in total. The maximum Gasteiger partial charge on any atom is 0.397 e. The van der Waals surface area contributed by atoms with E-state index in [1.165, 1.54) is 25.7 Å². The van der Waals surface area contributed by atoms with Crippen LogP contribution >= 0.6 is 0 Å². The molecule has 0 spiro atoms. The van der Waals surface area contributed by atoms with Gasteiger partial charge in [0, 0.05) is 6.42 Å². The molecule has 34 heavy (non-hydrogen) atoms. The Morgan fingerprint density at radius 2 is 1.85 bits per heavy atom. The van der Waals surface area contributed by atoms with Crippen LogP contribution in [0.4, 0.5) is 0 Å². The third kappa shape index (κ3) is 4.23. The second kappa shape index (κ2) is 8.80. The third-order valence-corrected chi connectivity index (χ3v) is 11.6. The van der Waals surface area contributed by atoms with Crippen LogP contribution in [0.15, 0.2) is 0 Å². The molecule has 4 saturated carbocycles. The minimum absolute atomic E-state index is 0.170. The van der Waals surface area contributed by atoms with Crippen LogP contribution in [-0.4, -0.2) is 39.7 Å². The Labute approximate surface area is 204 Å². The topological polar surface area (TPSA) is 118 Å². The highest BCUT2D eigenvalue weighted by molar-refractivity contribution is 7.80. The van der Waals surface area contributed by atoms with Crippen LogP contribution in [0.2, 0.25) is 0 Å². The van der Waals surface area contributed by atoms with Gasteiger partial charge in [-0.15, -0.1) is 10.2 Å². The van der Waals surface area contributed by atoms with Crippen molar-refractivity contribution >= 4 is 10.4 Å². The molecule has 0 saturated heterocycles. The largest absolute Gasteiger partial charge is 0.397 e. The van der Waals surface area contributed by atoms with Gasteiger partial charge in [0.1, 0.15) is 0 Å². The average molecular weight is 495 g/mol. The number of aromatic amines is 1. The molecule has 1 heterocycles. The summed E-state index contributed by atoms with van der Waals surface area (Å²) in [5.74, 6) is 4.15. The summed E-state index contributed by atoms with van der Waals surface area (Å²) in [6.45, 7) is 9.61. The fourth-order valence-electron chi connectivity index (χ4n) is 9.49. The number of H-pyrrole nitrogens is 1. The minimum Gasteiger partial charge on any atom is -0.264 e. The van der Waals surface area contributed by atoms with Gasteiger partial charge in [0.15, 0.2) is 5.82 Å². The summed E-state index contributed by atoms with van der Waals surface area (Å²) in [7, 11) is -4.48. The SMILES string of the molecule is C[C@@H]1CC[C@@]2(C)[C@@H](C1)C[C@H](OS(=O)(=O)O)[C@@H]1[C@@H]2CC[C@]2(C)[C@@H]([C@H](C)CCc3nn[nH]n3)CC[C@@H]12. The number of nitrogens with zero attached hydrogens (tertiary/aromatic N) is 3. The highest BCUT2D eigenvalue weighted by Crippen LogP contribution is 2.69. The lowest BCUT2D eigenvalue weighted by Gasteiger charge is -2.63. The van der Waals surface area contributed by atoms with Crippen LogP contribution in [-0.2, 0) is 21.0 Å². The van der Waals surface area contributed by atoms with Gasteiger partial charge in [-0.05, 0) is 104 Å². The molecule has 10 atom stereocenters. The van der Waals surface area contributed by atoms with E-state index in [1.54, 1.807) is 0 Å². The Bertz CT molecular complexity index is 972. The number of tetrazole rings is 1. The smallest absolute Gasteiger partial charge is 0.264 e. The second-order valence-electron chi connectivity index (χ2n) is 12.7. The Morgan fingerprint density at radius 3 is 2.56 bits per heavy atom. The molecule has 1 aromatic heterocycles. The van der Waals surface area contributed by atoms with Gasteiger partial charge in [-0.3, -0.25) is 4.55 Å². The van der Waals surface area contributed by atoms with Crippen molar-refractivity contribution in [3.05, 3.63) is 5.82 Å². The summed E-state index contributed by atoms with van der Waals surface area (Å²) in [4.78, 5) is 0. The monoisotopic (exact) mass is 494 g/mol. The molecule has 0 aliphatic heterocycles. The average Bonchev–Trinajstić information content (AvgIpc) is 3.39. The molecule has 9 heteroatoms. The molecular formula is C25H42N4O4S. The van der Waals surface area contributed by atoms with Gasteiger partial charge in [0.2, 0.25) is 0 Å². The predicted octanol–water partition coefficient (Wildman–Crippen LogP) is 4.86. The zero-order valence-corrected chi connectivity index (χ0v) is 21.9. The van der Waals surface area contributed by atoms with E-state index in [9.17, 15) is 13.0 Å². The maximum absolute atomic E-state index is 11.9. The van der Waals surface area contributed by atoms with E-state index in [1.807, 2.05) is 0 Å². The Balaban J connectivity index is 1.41. The summed E-state index contributed by atoms with van der Waals surface area (Å²) in [5.41, 5.74) is 0.420. The first-order valence-electron chi connectivity index (χ1n) is 13.4. The number of rotatable bonds is 6. The number of aryl methyl sites for hydroxylation is 1. The summed E-state index contributed by atoms with van der Waals surface area (Å²) >= 11 is 0. The van der Waals surface area contributed by atoms with Crippen LogP contribution in [0.5, 0.6) is 0 Å². The lowest BCUT2D eigenvalue weighted by Crippen LogP contribution is -2.59. The van der Waals surface area contributed by atoms with Crippen molar-refractivity contribution < 1.29 is 17.2 Å². The summed E-state index contributed by atoms with van der Waals surface area (Å²) in [6.07, 6.45) is 10.5. The zero-order chi connectivity index (χ0) is 24.3. The maximum atomic E-state index is 11.9. The number of aromatic nitrogens is 4. The third-order valence-electron chi connectivity index (χ3n) is 11.1. The van der Waals surface area contributed by atoms with E-state index in [2.05, 4.69) is 48.3 Å². The lowest BCUT2D eigenvalue weighted by atomic mass is 9.43. The molecule has 4 aliphatic rings. The molecule has 2 N–H and O–H groups in total. The number of nitrogens with one attached hydrogen (secondary N) is 1. The molecular weight excluding hydrogens is 452 g/mol. The summed E-state index contributed by atoms with van der Waals surface area (Å²) < 4.78 is 39.1. The lowest BCUT2D eigenvalue weighted by molar-refractivity contribution is -0.162. The van der Waals surface area contributed by atoms with Crippen molar-refractivity contribution in [1.29, 1.82) is 0 Å². The van der Waals surface area contributed by atoms with E-state index in [0.29, 0.717) is 35.5 Å². The van der Waals surface area contributed by atoms with Gasteiger partial charge in [-0.2, -0.15) is 13.6 Å². The standard InChI is InChI=1S/C25H42N4O4S/c1-15-9-11-24(3)17(13-15)14-21(33-34(30,31)32)23-19-7-6-18(25(19,4)12-10-20(23)24)16(2)5-8-22-26-28-29-27-22/h15-21,23H,5-14H2,1-4H3,(H,30,31,32)(H,26,27,28,29)/t15-,16-,17+,18-,19+,20+,21+,23+,24+,25-/m1/s1. The van der Waals surface area contributed by atoms with Crippen molar-refractivity contribution in [3.63, 3.8) is 0 Å². The molecule has 1 aromatic rings. The van der Waals surface area contributed by atoms with Gasteiger partial charge < -0.3 is 0 Å². The molecule has 5 rings (SSSR count). The van der Waals surface area contributed by atoms with Crippen molar-refractivity contribution in [2.24, 2.45) is 52.3 Å². The number of hydrogen-bond donors (Lipinski definition) is 2. The van der Waals surface area contributed by atoms with Crippen molar-refractivity contribution in [1.82, 2.24) is 20.6 Å². The number of hydrogen-bond acceptors (Lipinski definition) is 6. The van der Waals surface area contributed by atoms with E-state index < -0.39 is 16.5 Å². The van der Waals surface area contributed by atoms with E-state index >= 15 is 0 Å². The van der Waals surface area contributed by atoms with Gasteiger partial charge in [-0.1, -0.05) is 39.3 Å². The molecule has 0 unspecified atom stereocenters. The van der Waals surface area contributed by atoms with Crippen LogP contribution in [0.1, 0.15) is 91.3 Å². The highest BCUT2D eigenvalue weighted by Gasteiger charge is 2.63. The molecule has 0 bridgehead atoms. The van der Waals surface area contributed by atoms with Gasteiger partial charge in [-0.25, -0.2) is 4.18 Å². The van der Waals surface area contributed by atoms with Crippen LogP contribution in [0.3, 0.4) is 0 Å². The van der Waals surface area contributed by atoms with Gasteiger partial charge in [0.25, 0.3) is 0 Å². The first-order chi connectivity index (χ1) is 16.0. The fraction of sp³-hybridized carbons (Fsp3) is 0.960. The van der Waals surface area contributed by atoms with Crippen LogP contribution < -0.4 is 0 Å². The molecule has 0 amide bonds. The normalized spacial score (nSPS) is 45.3. The van der Waals surface area contributed by atoms with Crippen LogP contribution in [0.25, 0.3) is 0 Å². The Kier molecular flexibility index (Phi) is 6.37. The van der Waals surface area contributed by atoms with Crippen molar-refractivity contribution in [2.75, 3.05) is 0 Å². The molecule has 4 aliphatic carbocycles. The molecule has 0 aromatic carbocycles. The summed E-state index contributed by atoms with van der Waals surface area (Å²) in [5, 5.41) is 14.5. The van der Waals surface area contributed by atoms with E-state index in [4.69, 9.17) is 4.18 Å². The Morgan fingerprint density at radius 1 is 1.12 bits per heavy atom. The Hall–Kier alpha value is -1.06. The first kappa shape index (κ1) is 24.6. The van der Waals surface area contributed by atoms with Crippen molar-refractivity contribution in [2.45, 2.75) is 98.0 Å². The van der Waals surface area contributed by atoms with E-state index in [-0.39, 0.29) is 16.7 Å². The van der Waals surface area contributed by atoms with E-state index in [0.717, 1.165) is 44.3 Å². The highest BCUT2D eigenvalue weighted by atomic mass is 32.3. The fourth-order valence-corrected chi connectivity index (χ4v) is 10.0. The predicted molar refractivity (Wildman–Crippen MR) is 128 cm³/mol. The second-order valence-corrected chi connectivity index (χ2v) is 13.8. The summed E-state index contributed by atoms with van der Waals surface area (Å²) in [6, 6.07) is 0.